The average Bonchev–Trinajstić information content (AvgIpc) is 3.37. The Morgan fingerprint density at radius 3 is 1.95 bits per heavy atom. The third-order valence-electron chi connectivity index (χ3n) is 9.02. The minimum Gasteiger partial charge on any atom is -1.00 e. The molecule has 3 aromatic rings. The van der Waals surface area contributed by atoms with E-state index in [2.05, 4.69) is 136 Å². The van der Waals surface area contributed by atoms with Crippen molar-refractivity contribution in [3.63, 3.8) is 0 Å². The molecule has 0 nitrogen and oxygen atoms in total. The summed E-state index contributed by atoms with van der Waals surface area (Å²) in [5, 5.41) is 0. The number of benzene rings is 3. The minimum absolute atomic E-state index is 0. The van der Waals surface area contributed by atoms with Crippen LogP contribution in [0, 0.1) is 5.92 Å². The van der Waals surface area contributed by atoms with Gasteiger partial charge in [0.15, 0.2) is 0 Å². The summed E-state index contributed by atoms with van der Waals surface area (Å²) in [5.74, 6) is 0.523. The maximum Gasteiger partial charge on any atom is -1.00 e. The first-order valence-electron chi connectivity index (χ1n) is 14.8. The van der Waals surface area contributed by atoms with E-state index in [1.807, 2.05) is 0 Å². The average molecular weight is 665 g/mol. The van der Waals surface area contributed by atoms with Crippen LogP contribution in [0.1, 0.15) is 103 Å². The third kappa shape index (κ3) is 6.39. The van der Waals surface area contributed by atoms with Gasteiger partial charge in [-0.15, -0.1) is 0 Å². The van der Waals surface area contributed by atoms with Crippen molar-refractivity contribution in [1.29, 1.82) is 0 Å². The molecule has 2 aliphatic carbocycles. The van der Waals surface area contributed by atoms with E-state index < -0.39 is 21.3 Å². The molecule has 0 fully saturated rings. The molecule has 0 saturated heterocycles. The maximum absolute atomic E-state index is 2.67. The van der Waals surface area contributed by atoms with Crippen LogP contribution >= 0.6 is 0 Å². The van der Waals surface area contributed by atoms with Gasteiger partial charge >= 0.3 is 247 Å². The Hall–Kier alpha value is -1.53. The topological polar surface area (TPSA) is 0 Å². The molecular formula is C38H46Cl2Zr. The summed E-state index contributed by atoms with van der Waals surface area (Å²) >= 11 is -2.55. The molecule has 0 spiro atoms. The molecule has 3 heteroatoms. The van der Waals surface area contributed by atoms with Crippen LogP contribution in [-0.2, 0) is 38.5 Å². The molecule has 216 valence electrons. The standard InChI is InChI=1S/C21H25.C9H10.C8H11.2ClH.Zr/c1-20(2,3)16-9-7-14-11-15-8-10-17(21(4,5)6)13-19(15)18(14)12-16;1-2-6-9-7-4-3-5-8-9;1-6-4-7(2)8(3)5-6;;;/h7,9-10,12-13H,11H2,1-6H3;3-5,7-8H,2H2,1H3;4,6H,1-3H3;2*1H;/q;;;;;+2/p-2. The molecule has 0 N–H and O–H groups in total. The van der Waals surface area contributed by atoms with Gasteiger partial charge in [-0.25, -0.2) is 0 Å². The molecule has 0 bridgehead atoms. The smallest absolute Gasteiger partial charge is 1.00 e. The summed E-state index contributed by atoms with van der Waals surface area (Å²) in [6.45, 7) is 23.8. The molecule has 0 aliphatic heterocycles. The van der Waals surface area contributed by atoms with Crippen molar-refractivity contribution in [2.75, 3.05) is 0 Å². The second-order valence-electron chi connectivity index (χ2n) is 13.8. The van der Waals surface area contributed by atoms with Crippen molar-refractivity contribution >= 4 is 6.48 Å². The van der Waals surface area contributed by atoms with Gasteiger partial charge in [-0.2, -0.15) is 0 Å². The van der Waals surface area contributed by atoms with E-state index in [-0.39, 0.29) is 35.6 Å². The van der Waals surface area contributed by atoms with Gasteiger partial charge < -0.3 is 24.8 Å². The Morgan fingerprint density at radius 1 is 0.805 bits per heavy atom. The van der Waals surface area contributed by atoms with Gasteiger partial charge in [0.1, 0.15) is 0 Å². The van der Waals surface area contributed by atoms with Crippen molar-refractivity contribution in [2.24, 2.45) is 5.92 Å². The molecule has 0 aromatic heterocycles. The van der Waals surface area contributed by atoms with Gasteiger partial charge in [-0.05, 0) is 0 Å². The Bertz CT molecular complexity index is 1540. The number of hydrogen-bond donors (Lipinski definition) is 0. The van der Waals surface area contributed by atoms with Crippen molar-refractivity contribution in [1.82, 2.24) is 0 Å². The van der Waals surface area contributed by atoms with E-state index in [9.17, 15) is 0 Å². The number of fused-ring (bicyclic) bond motifs is 3. The maximum atomic E-state index is 2.67. The SMILES string of the molecule is CC/[C](c1ccccc1)=[Zr+2](\[C]1=C(C)C(C)=CC1C)[c]1cc(C(C)(C)C)cc2c1Cc1ccc(C(C)(C)C)cc1-2.[Cl-].[Cl-]. The van der Waals surface area contributed by atoms with E-state index in [0.717, 1.165) is 12.8 Å². The summed E-state index contributed by atoms with van der Waals surface area (Å²) in [4.78, 5) is 0. The van der Waals surface area contributed by atoms with Crippen LogP contribution in [0.4, 0.5) is 0 Å². The van der Waals surface area contributed by atoms with E-state index in [4.69, 9.17) is 0 Å². The van der Waals surface area contributed by atoms with Gasteiger partial charge in [0, 0.05) is 0 Å². The zero-order chi connectivity index (χ0) is 28.3. The van der Waals surface area contributed by atoms with Crippen LogP contribution in [0.3, 0.4) is 0 Å². The summed E-state index contributed by atoms with van der Waals surface area (Å²) in [5.41, 5.74) is 13.8. The quantitative estimate of drug-likeness (QED) is 0.313. The van der Waals surface area contributed by atoms with Crippen LogP contribution in [0.25, 0.3) is 11.1 Å². The van der Waals surface area contributed by atoms with Crippen LogP contribution in [0.5, 0.6) is 0 Å². The molecule has 0 heterocycles. The zero-order valence-electron chi connectivity index (χ0n) is 26.6. The molecule has 3 aromatic carbocycles. The predicted octanol–water partition coefficient (Wildman–Crippen LogP) is 3.61. The van der Waals surface area contributed by atoms with Gasteiger partial charge in [0.05, 0.1) is 0 Å². The molecule has 0 radical (unpaired) electrons. The first-order valence-corrected chi connectivity index (χ1v) is 18.5. The van der Waals surface area contributed by atoms with E-state index in [0.29, 0.717) is 5.92 Å². The molecule has 41 heavy (non-hydrogen) atoms. The van der Waals surface area contributed by atoms with Crippen LogP contribution in [0.15, 0.2) is 81.2 Å². The van der Waals surface area contributed by atoms with Crippen molar-refractivity contribution in [3.05, 3.63) is 109 Å². The summed E-state index contributed by atoms with van der Waals surface area (Å²) in [6, 6.07) is 23.9. The van der Waals surface area contributed by atoms with Crippen LogP contribution in [-0.4, -0.2) is 3.21 Å². The van der Waals surface area contributed by atoms with Crippen molar-refractivity contribution in [2.45, 2.75) is 92.9 Å². The summed E-state index contributed by atoms with van der Waals surface area (Å²) < 4.78 is 5.25. The van der Waals surface area contributed by atoms with Gasteiger partial charge in [-0.3, -0.25) is 0 Å². The Kier molecular flexibility index (Phi) is 10.4. The molecule has 2 aliphatic rings. The fourth-order valence-electron chi connectivity index (χ4n) is 6.58. The third-order valence-corrected chi connectivity index (χ3v) is 17.9. The van der Waals surface area contributed by atoms with Gasteiger partial charge in [-0.1, -0.05) is 0 Å². The summed E-state index contributed by atoms with van der Waals surface area (Å²) in [7, 11) is 0. The number of allylic oxidation sites excluding steroid dienone is 4. The fraction of sp³-hybridized carbons (Fsp3) is 0.395. The van der Waals surface area contributed by atoms with E-state index >= 15 is 0 Å². The second kappa shape index (κ2) is 12.6. The predicted molar refractivity (Wildman–Crippen MR) is 168 cm³/mol. The second-order valence-corrected chi connectivity index (χ2v) is 19.8. The van der Waals surface area contributed by atoms with Gasteiger partial charge in [0.25, 0.3) is 0 Å². The van der Waals surface area contributed by atoms with Crippen LogP contribution < -0.4 is 28.1 Å². The normalized spacial score (nSPS) is 16.4. The molecular weight excluding hydrogens is 619 g/mol. The van der Waals surface area contributed by atoms with Crippen molar-refractivity contribution < 1.29 is 46.1 Å². The van der Waals surface area contributed by atoms with Crippen LogP contribution in [0.2, 0.25) is 0 Å². The van der Waals surface area contributed by atoms with Crippen molar-refractivity contribution in [3.8, 4) is 11.1 Å². The molecule has 1 atom stereocenters. The first-order chi connectivity index (χ1) is 18.3. The minimum atomic E-state index is -2.55. The Labute approximate surface area is 269 Å². The van der Waals surface area contributed by atoms with Gasteiger partial charge in [0.2, 0.25) is 0 Å². The molecule has 0 saturated carbocycles. The monoisotopic (exact) mass is 662 g/mol. The van der Waals surface area contributed by atoms with E-state index in [1.54, 1.807) is 20.9 Å². The Morgan fingerprint density at radius 2 is 1.41 bits per heavy atom. The zero-order valence-corrected chi connectivity index (χ0v) is 30.6. The largest absolute Gasteiger partial charge is 1.00 e. The van der Waals surface area contributed by atoms with E-state index in [1.165, 1.54) is 39.0 Å². The molecule has 1 unspecified atom stereocenters. The number of hydrogen-bond acceptors (Lipinski definition) is 0. The molecule has 0 amide bonds. The number of halogens is 2. The molecule has 5 rings (SSSR count). The Balaban J connectivity index is 0.00000231. The number of rotatable bonds is 4. The first kappa shape index (κ1) is 34.0. The fourth-order valence-corrected chi connectivity index (χ4v) is 15.6. The summed E-state index contributed by atoms with van der Waals surface area (Å²) in [6.07, 6.45) is 4.72.